The van der Waals surface area contributed by atoms with E-state index in [1.54, 1.807) is 10.9 Å². The third kappa shape index (κ3) is 2.33. The Labute approximate surface area is 88.1 Å². The Morgan fingerprint density at radius 3 is 3.27 bits per heavy atom. The van der Waals surface area contributed by atoms with Gasteiger partial charge >= 0.3 is 0 Å². The lowest BCUT2D eigenvalue weighted by molar-refractivity contribution is -0.124. The molecule has 1 aliphatic heterocycles. The summed E-state index contributed by atoms with van der Waals surface area (Å²) in [7, 11) is 1.86. The molecule has 1 aliphatic rings. The van der Waals surface area contributed by atoms with Crippen molar-refractivity contribution >= 4 is 5.91 Å². The molecule has 0 aromatic carbocycles. The summed E-state index contributed by atoms with van der Waals surface area (Å²) in [6.07, 6.45) is 2.54. The van der Waals surface area contributed by atoms with Crippen LogP contribution in [0.25, 0.3) is 0 Å². The van der Waals surface area contributed by atoms with Crippen LogP contribution in [0.2, 0.25) is 0 Å². The van der Waals surface area contributed by atoms with Gasteiger partial charge in [-0.15, -0.1) is 10.2 Å². The van der Waals surface area contributed by atoms with Crippen molar-refractivity contribution in [2.75, 3.05) is 13.1 Å². The fraction of sp³-hybridized carbons (Fsp3) is 0.667. The van der Waals surface area contributed by atoms with E-state index in [1.165, 1.54) is 0 Å². The first kappa shape index (κ1) is 10.1. The minimum atomic E-state index is 0.100. The zero-order valence-corrected chi connectivity index (χ0v) is 8.73. The Balaban J connectivity index is 1.83. The fourth-order valence-electron chi connectivity index (χ4n) is 1.66. The fourth-order valence-corrected chi connectivity index (χ4v) is 1.66. The molecule has 2 heterocycles. The van der Waals surface area contributed by atoms with Crippen molar-refractivity contribution in [3.63, 3.8) is 0 Å². The zero-order valence-electron chi connectivity index (χ0n) is 8.73. The summed E-state index contributed by atoms with van der Waals surface area (Å²) in [6.45, 7) is 2.17. The number of aryl methyl sites for hydroxylation is 1. The third-order valence-corrected chi connectivity index (χ3v) is 2.66. The lowest BCUT2D eigenvalue weighted by Gasteiger charge is -2.08. The molecule has 6 nitrogen and oxygen atoms in total. The van der Waals surface area contributed by atoms with Crippen LogP contribution in [0, 0.1) is 5.92 Å². The number of carbonyl (C=O) groups is 1. The van der Waals surface area contributed by atoms with Gasteiger partial charge in [0.05, 0.1) is 12.5 Å². The van der Waals surface area contributed by atoms with Gasteiger partial charge in [0.25, 0.3) is 0 Å². The average molecular weight is 209 g/mol. The van der Waals surface area contributed by atoms with Crippen LogP contribution in [-0.4, -0.2) is 33.8 Å². The van der Waals surface area contributed by atoms with Gasteiger partial charge in [0.2, 0.25) is 5.91 Å². The largest absolute Gasteiger partial charge is 0.349 e. The van der Waals surface area contributed by atoms with Crippen LogP contribution in [0.5, 0.6) is 0 Å². The van der Waals surface area contributed by atoms with Gasteiger partial charge in [-0.05, 0) is 13.0 Å². The molecule has 0 bridgehead atoms. The molecule has 2 rings (SSSR count). The summed E-state index contributed by atoms with van der Waals surface area (Å²) < 4.78 is 1.80. The van der Waals surface area contributed by atoms with E-state index < -0.39 is 0 Å². The molecular weight excluding hydrogens is 194 g/mol. The van der Waals surface area contributed by atoms with Crippen LogP contribution in [-0.2, 0) is 18.4 Å². The van der Waals surface area contributed by atoms with E-state index in [9.17, 15) is 4.79 Å². The third-order valence-electron chi connectivity index (χ3n) is 2.66. The number of nitrogens with one attached hydrogen (secondary N) is 2. The van der Waals surface area contributed by atoms with Gasteiger partial charge in [0, 0.05) is 13.6 Å². The molecule has 2 N–H and O–H groups in total. The highest BCUT2D eigenvalue weighted by atomic mass is 16.1. The number of nitrogens with zero attached hydrogens (tertiary/aromatic N) is 3. The van der Waals surface area contributed by atoms with Crippen LogP contribution in [0.4, 0.5) is 0 Å². The molecule has 0 saturated carbocycles. The van der Waals surface area contributed by atoms with E-state index in [1.807, 2.05) is 7.05 Å². The van der Waals surface area contributed by atoms with Gasteiger partial charge in [-0.3, -0.25) is 4.79 Å². The molecule has 0 aliphatic carbocycles. The molecule has 1 aromatic heterocycles. The molecule has 1 unspecified atom stereocenters. The van der Waals surface area contributed by atoms with Crippen LogP contribution in [0.1, 0.15) is 12.2 Å². The Morgan fingerprint density at radius 1 is 1.80 bits per heavy atom. The predicted molar refractivity (Wildman–Crippen MR) is 53.8 cm³/mol. The molecule has 1 saturated heterocycles. The number of aromatic nitrogens is 3. The smallest absolute Gasteiger partial charge is 0.224 e. The monoisotopic (exact) mass is 209 g/mol. The van der Waals surface area contributed by atoms with Crippen LogP contribution < -0.4 is 10.6 Å². The van der Waals surface area contributed by atoms with E-state index in [0.29, 0.717) is 6.54 Å². The van der Waals surface area contributed by atoms with Gasteiger partial charge < -0.3 is 15.2 Å². The van der Waals surface area contributed by atoms with Crippen molar-refractivity contribution in [1.29, 1.82) is 0 Å². The normalized spacial score (nSPS) is 20.5. The topological polar surface area (TPSA) is 71.8 Å². The number of carbonyl (C=O) groups excluding carboxylic acids is 1. The van der Waals surface area contributed by atoms with Gasteiger partial charge in [0.1, 0.15) is 6.33 Å². The molecule has 1 aromatic rings. The quantitative estimate of drug-likeness (QED) is 0.672. The molecule has 0 radical (unpaired) electrons. The second-order valence-corrected chi connectivity index (χ2v) is 3.77. The highest BCUT2D eigenvalue weighted by molar-refractivity contribution is 5.79. The first-order valence-corrected chi connectivity index (χ1v) is 5.08. The molecule has 0 spiro atoms. The second-order valence-electron chi connectivity index (χ2n) is 3.77. The van der Waals surface area contributed by atoms with Gasteiger partial charge in [0.15, 0.2) is 5.82 Å². The Hall–Kier alpha value is -1.43. The zero-order chi connectivity index (χ0) is 10.7. The lowest BCUT2D eigenvalue weighted by atomic mass is 10.1. The molecule has 1 atom stereocenters. The van der Waals surface area contributed by atoms with E-state index in [-0.39, 0.29) is 11.8 Å². The first-order valence-electron chi connectivity index (χ1n) is 5.08. The maximum atomic E-state index is 11.6. The summed E-state index contributed by atoms with van der Waals surface area (Å²) in [5.74, 6) is 0.982. The molecule has 15 heavy (non-hydrogen) atoms. The van der Waals surface area contributed by atoms with E-state index in [0.717, 1.165) is 25.3 Å². The number of amides is 1. The van der Waals surface area contributed by atoms with E-state index in [2.05, 4.69) is 20.8 Å². The van der Waals surface area contributed by atoms with Crippen LogP contribution in [0.15, 0.2) is 6.33 Å². The van der Waals surface area contributed by atoms with E-state index >= 15 is 0 Å². The Kier molecular flexibility index (Phi) is 2.96. The maximum absolute atomic E-state index is 11.6. The lowest BCUT2D eigenvalue weighted by Crippen LogP contribution is -2.32. The van der Waals surface area contributed by atoms with Crippen molar-refractivity contribution in [3.8, 4) is 0 Å². The Morgan fingerprint density at radius 2 is 2.67 bits per heavy atom. The highest BCUT2D eigenvalue weighted by Gasteiger charge is 2.22. The molecule has 6 heteroatoms. The molecule has 1 fully saturated rings. The summed E-state index contributed by atoms with van der Waals surface area (Å²) in [4.78, 5) is 11.6. The van der Waals surface area contributed by atoms with Crippen molar-refractivity contribution in [2.24, 2.45) is 13.0 Å². The summed E-state index contributed by atoms with van der Waals surface area (Å²) in [6, 6.07) is 0. The standard InChI is InChI=1S/C9H15N5O/c1-14-6-12-13-8(14)5-11-9(15)7-2-3-10-4-7/h6-7,10H,2-5H2,1H3,(H,11,15). The van der Waals surface area contributed by atoms with Gasteiger partial charge in [-0.25, -0.2) is 0 Å². The highest BCUT2D eigenvalue weighted by Crippen LogP contribution is 2.07. The average Bonchev–Trinajstić information content (AvgIpc) is 2.85. The molecule has 82 valence electrons. The number of hydrogen-bond acceptors (Lipinski definition) is 4. The first-order chi connectivity index (χ1) is 7.27. The molecular formula is C9H15N5O. The van der Waals surface area contributed by atoms with E-state index in [4.69, 9.17) is 0 Å². The SMILES string of the molecule is Cn1cnnc1CNC(=O)C1CCNC1. The van der Waals surface area contributed by atoms with Crippen molar-refractivity contribution in [3.05, 3.63) is 12.2 Å². The van der Waals surface area contributed by atoms with Crippen molar-refractivity contribution in [1.82, 2.24) is 25.4 Å². The summed E-state index contributed by atoms with van der Waals surface area (Å²) in [5, 5.41) is 13.7. The van der Waals surface area contributed by atoms with Crippen molar-refractivity contribution in [2.45, 2.75) is 13.0 Å². The number of rotatable bonds is 3. The van der Waals surface area contributed by atoms with Gasteiger partial charge in [-0.2, -0.15) is 0 Å². The molecule has 1 amide bonds. The summed E-state index contributed by atoms with van der Waals surface area (Å²) >= 11 is 0. The van der Waals surface area contributed by atoms with Crippen molar-refractivity contribution < 1.29 is 4.79 Å². The van der Waals surface area contributed by atoms with Crippen LogP contribution >= 0.6 is 0 Å². The summed E-state index contributed by atoms with van der Waals surface area (Å²) in [5.41, 5.74) is 0. The number of hydrogen-bond donors (Lipinski definition) is 2. The minimum absolute atomic E-state index is 0.100. The Bertz CT molecular complexity index is 342. The van der Waals surface area contributed by atoms with Gasteiger partial charge in [-0.1, -0.05) is 0 Å². The minimum Gasteiger partial charge on any atom is -0.349 e. The second kappa shape index (κ2) is 4.39. The predicted octanol–water partition coefficient (Wildman–Crippen LogP) is -0.959. The van der Waals surface area contributed by atoms with Crippen LogP contribution in [0.3, 0.4) is 0 Å². The maximum Gasteiger partial charge on any atom is 0.224 e.